The van der Waals surface area contributed by atoms with Crippen LogP contribution >= 0.6 is 11.6 Å². The Balaban J connectivity index is 2.20. The van der Waals surface area contributed by atoms with Crippen LogP contribution in [0, 0.1) is 17.8 Å². The number of hydrogen-bond donors (Lipinski definition) is 2. The van der Waals surface area contributed by atoms with E-state index >= 15 is 0 Å². The van der Waals surface area contributed by atoms with E-state index in [4.69, 9.17) is 26.8 Å². The summed E-state index contributed by atoms with van der Waals surface area (Å²) in [7, 11) is 1.45. The highest BCUT2D eigenvalue weighted by Gasteiger charge is 2.32. The number of carbonyl (C=O) groups is 2. The largest absolute Gasteiger partial charge is 0.493 e. The fraction of sp³-hybridized carbons (Fsp3) is 0.600. The smallest absolute Gasteiger partial charge is 0.255 e. The van der Waals surface area contributed by atoms with Crippen LogP contribution in [0.15, 0.2) is 12.1 Å². The second-order valence-corrected chi connectivity index (χ2v) is 8.06. The van der Waals surface area contributed by atoms with Crippen LogP contribution in [0.3, 0.4) is 0 Å². The summed E-state index contributed by atoms with van der Waals surface area (Å²) in [5.41, 5.74) is 5.49. The van der Waals surface area contributed by atoms with Gasteiger partial charge in [0.1, 0.15) is 0 Å². The molecule has 0 aliphatic heterocycles. The van der Waals surface area contributed by atoms with Gasteiger partial charge in [-0.25, -0.2) is 0 Å². The second kappa shape index (κ2) is 9.31. The van der Waals surface area contributed by atoms with E-state index in [9.17, 15) is 9.59 Å². The average Bonchev–Trinajstić information content (AvgIpc) is 2.59. The number of nitrogens with two attached hydrogens (primary N) is 1. The summed E-state index contributed by atoms with van der Waals surface area (Å²) in [6, 6.07) is 3.22. The zero-order chi connectivity index (χ0) is 20.1. The van der Waals surface area contributed by atoms with Crippen molar-refractivity contribution in [2.45, 2.75) is 46.1 Å². The lowest BCUT2D eigenvalue weighted by Gasteiger charge is -2.37. The zero-order valence-corrected chi connectivity index (χ0v) is 17.1. The second-order valence-electron chi connectivity index (χ2n) is 7.65. The van der Waals surface area contributed by atoms with Gasteiger partial charge in [0.05, 0.1) is 12.1 Å². The first-order chi connectivity index (χ1) is 12.7. The first kappa shape index (κ1) is 21.4. The third-order valence-electron chi connectivity index (χ3n) is 5.19. The van der Waals surface area contributed by atoms with Crippen LogP contribution in [0.2, 0.25) is 5.02 Å². The molecule has 0 radical (unpaired) electrons. The highest BCUT2D eigenvalue weighted by Crippen LogP contribution is 2.37. The van der Waals surface area contributed by atoms with Gasteiger partial charge in [-0.2, -0.15) is 0 Å². The minimum atomic E-state index is -0.624. The average molecular weight is 397 g/mol. The predicted octanol–water partition coefficient (Wildman–Crippen LogP) is 3.40. The standard InChI is InChI=1S/C20H29ClN2O4/c1-11(2)14-6-5-12(3)7-16(14)23-20(25)13-8-15(21)19(17(9-13)26-4)27-10-18(22)24/h8-9,11-12,14,16H,5-7,10H2,1-4H3,(H2,22,24)(H,23,25)/t12-,14-,16-/m1/s1. The molecule has 1 saturated carbocycles. The van der Waals surface area contributed by atoms with Gasteiger partial charge in [0.15, 0.2) is 18.1 Å². The molecule has 1 aliphatic rings. The van der Waals surface area contributed by atoms with Crippen molar-refractivity contribution in [1.82, 2.24) is 5.32 Å². The van der Waals surface area contributed by atoms with Crippen LogP contribution in [0.1, 0.15) is 50.4 Å². The van der Waals surface area contributed by atoms with Gasteiger partial charge in [0, 0.05) is 11.6 Å². The predicted molar refractivity (Wildman–Crippen MR) is 105 cm³/mol. The Morgan fingerprint density at radius 1 is 1.33 bits per heavy atom. The van der Waals surface area contributed by atoms with Gasteiger partial charge < -0.3 is 20.5 Å². The van der Waals surface area contributed by atoms with Gasteiger partial charge in [0.2, 0.25) is 0 Å². The first-order valence-corrected chi connectivity index (χ1v) is 9.70. The summed E-state index contributed by atoms with van der Waals surface area (Å²) in [4.78, 5) is 23.8. The zero-order valence-electron chi connectivity index (χ0n) is 16.4. The third kappa shape index (κ3) is 5.51. The molecular weight excluding hydrogens is 368 g/mol. The molecule has 0 bridgehead atoms. The van der Waals surface area contributed by atoms with Crippen molar-refractivity contribution >= 4 is 23.4 Å². The molecule has 150 valence electrons. The number of benzene rings is 1. The normalized spacial score (nSPS) is 22.4. The maximum atomic E-state index is 12.8. The van der Waals surface area contributed by atoms with Crippen molar-refractivity contribution in [2.75, 3.05) is 13.7 Å². The summed E-state index contributed by atoms with van der Waals surface area (Å²) in [6.07, 6.45) is 3.29. The third-order valence-corrected chi connectivity index (χ3v) is 5.47. The van der Waals surface area contributed by atoms with Crippen LogP contribution in [0.25, 0.3) is 0 Å². The van der Waals surface area contributed by atoms with Gasteiger partial charge in [-0.05, 0) is 42.7 Å². The number of amides is 2. The Morgan fingerprint density at radius 3 is 2.63 bits per heavy atom. The molecule has 7 heteroatoms. The number of nitrogens with one attached hydrogen (secondary N) is 1. The van der Waals surface area contributed by atoms with Crippen LogP contribution < -0.4 is 20.5 Å². The maximum Gasteiger partial charge on any atom is 0.255 e. The summed E-state index contributed by atoms with van der Waals surface area (Å²) < 4.78 is 10.6. The molecule has 3 N–H and O–H groups in total. The quantitative estimate of drug-likeness (QED) is 0.738. The van der Waals surface area contributed by atoms with Crippen molar-refractivity contribution in [3.63, 3.8) is 0 Å². The number of ether oxygens (including phenoxy) is 2. The number of primary amides is 1. The molecule has 1 aromatic rings. The lowest BCUT2D eigenvalue weighted by molar-refractivity contribution is -0.119. The topological polar surface area (TPSA) is 90.7 Å². The number of carbonyl (C=O) groups excluding carboxylic acids is 2. The maximum absolute atomic E-state index is 12.8. The van der Waals surface area contributed by atoms with Gasteiger partial charge in [-0.1, -0.05) is 38.8 Å². The molecule has 3 atom stereocenters. The molecular formula is C20H29ClN2O4. The highest BCUT2D eigenvalue weighted by atomic mass is 35.5. The van der Waals surface area contributed by atoms with E-state index < -0.39 is 5.91 Å². The van der Waals surface area contributed by atoms with E-state index in [1.165, 1.54) is 19.6 Å². The van der Waals surface area contributed by atoms with Crippen LogP contribution in [0.5, 0.6) is 11.5 Å². The molecule has 1 aliphatic carbocycles. The minimum Gasteiger partial charge on any atom is -0.493 e. The minimum absolute atomic E-state index is 0.136. The Hall–Kier alpha value is -1.95. The number of halogens is 1. The van der Waals surface area contributed by atoms with Gasteiger partial charge in [0.25, 0.3) is 11.8 Å². The van der Waals surface area contributed by atoms with E-state index in [0.29, 0.717) is 23.3 Å². The summed E-state index contributed by atoms with van der Waals surface area (Å²) in [5.74, 6) is 1.22. The Bertz CT molecular complexity index is 693. The first-order valence-electron chi connectivity index (χ1n) is 9.32. The van der Waals surface area contributed by atoms with Crippen molar-refractivity contribution < 1.29 is 19.1 Å². The molecule has 0 unspecified atom stereocenters. The molecule has 2 rings (SSSR count). The highest BCUT2D eigenvalue weighted by molar-refractivity contribution is 6.32. The number of methoxy groups -OCH3 is 1. The van der Waals surface area contributed by atoms with E-state index in [1.807, 2.05) is 0 Å². The molecule has 0 heterocycles. The van der Waals surface area contributed by atoms with Crippen LogP contribution in [-0.4, -0.2) is 31.6 Å². The van der Waals surface area contributed by atoms with Crippen molar-refractivity contribution in [2.24, 2.45) is 23.5 Å². The summed E-state index contributed by atoms with van der Waals surface area (Å²) in [5, 5.41) is 3.37. The van der Waals surface area contributed by atoms with Crippen LogP contribution in [0.4, 0.5) is 0 Å². The summed E-state index contributed by atoms with van der Waals surface area (Å²) >= 11 is 6.25. The van der Waals surface area contributed by atoms with Gasteiger partial charge in [-0.3, -0.25) is 9.59 Å². The molecule has 0 spiro atoms. The molecule has 0 aromatic heterocycles. The lowest BCUT2D eigenvalue weighted by atomic mass is 9.74. The number of rotatable bonds is 7. The van der Waals surface area contributed by atoms with Gasteiger partial charge in [-0.15, -0.1) is 0 Å². The van der Waals surface area contributed by atoms with Crippen molar-refractivity contribution in [1.29, 1.82) is 0 Å². The summed E-state index contributed by atoms with van der Waals surface area (Å²) in [6.45, 7) is 6.30. The van der Waals surface area contributed by atoms with Crippen molar-refractivity contribution in [3.8, 4) is 11.5 Å². The molecule has 27 heavy (non-hydrogen) atoms. The van der Waals surface area contributed by atoms with E-state index in [-0.39, 0.29) is 35.1 Å². The van der Waals surface area contributed by atoms with E-state index in [1.54, 1.807) is 6.07 Å². The van der Waals surface area contributed by atoms with Gasteiger partial charge >= 0.3 is 0 Å². The van der Waals surface area contributed by atoms with Crippen LogP contribution in [-0.2, 0) is 4.79 Å². The van der Waals surface area contributed by atoms with Crippen molar-refractivity contribution in [3.05, 3.63) is 22.7 Å². The van der Waals surface area contributed by atoms with E-state index in [2.05, 4.69) is 26.1 Å². The molecule has 2 amide bonds. The monoisotopic (exact) mass is 396 g/mol. The Morgan fingerprint density at radius 2 is 2.04 bits per heavy atom. The Kier molecular flexibility index (Phi) is 7.36. The fourth-order valence-corrected chi connectivity index (χ4v) is 4.02. The Labute approximate surface area is 165 Å². The molecule has 0 saturated heterocycles. The molecule has 1 fully saturated rings. The van der Waals surface area contributed by atoms with E-state index in [0.717, 1.165) is 12.8 Å². The molecule has 1 aromatic carbocycles. The SMILES string of the molecule is COc1cc(C(=O)N[C@@H]2C[C@H](C)CC[C@@H]2C(C)C)cc(Cl)c1OCC(N)=O. The molecule has 6 nitrogen and oxygen atoms in total. The fourth-order valence-electron chi connectivity index (χ4n) is 3.75. The number of hydrogen-bond acceptors (Lipinski definition) is 4. The lowest BCUT2D eigenvalue weighted by Crippen LogP contribution is -2.45.